The summed E-state index contributed by atoms with van der Waals surface area (Å²) in [5.41, 5.74) is 8.22. The summed E-state index contributed by atoms with van der Waals surface area (Å²) in [6, 6.07) is 13.5. The van der Waals surface area contributed by atoms with Crippen LogP contribution in [0.25, 0.3) is 0 Å². The number of nitrogens with two attached hydrogens (primary N) is 1. The number of rotatable bonds is 5. The van der Waals surface area contributed by atoms with Crippen LogP contribution in [-0.2, 0) is 6.54 Å². The van der Waals surface area contributed by atoms with Crippen molar-refractivity contribution in [1.82, 2.24) is 0 Å². The van der Waals surface area contributed by atoms with Gasteiger partial charge >= 0.3 is 0 Å². The predicted molar refractivity (Wildman–Crippen MR) is 87.0 cm³/mol. The number of anilines is 1. The summed E-state index contributed by atoms with van der Waals surface area (Å²) >= 11 is 3.40. The van der Waals surface area contributed by atoms with Crippen molar-refractivity contribution in [3.63, 3.8) is 0 Å². The molecule has 0 spiro atoms. The molecule has 0 aromatic heterocycles. The Kier molecular flexibility index (Phi) is 5.05. The summed E-state index contributed by atoms with van der Waals surface area (Å²) in [5.74, 6) is 0.597. The van der Waals surface area contributed by atoms with Gasteiger partial charge in [0.05, 0.1) is 12.7 Å². The van der Waals surface area contributed by atoms with Crippen LogP contribution in [0.15, 0.2) is 52.1 Å². The average molecular weight is 350 g/mol. The van der Waals surface area contributed by atoms with Crippen LogP contribution < -0.4 is 15.8 Å². The van der Waals surface area contributed by atoms with Gasteiger partial charge in [0.2, 0.25) is 0 Å². The molecule has 2 aromatic rings. The van der Waals surface area contributed by atoms with E-state index in [0.717, 1.165) is 15.7 Å². The Hall–Kier alpha value is -2.21. The van der Waals surface area contributed by atoms with Crippen molar-refractivity contribution >= 4 is 27.5 Å². The fourth-order valence-electron chi connectivity index (χ4n) is 1.88. The second-order valence-electron chi connectivity index (χ2n) is 4.38. The summed E-state index contributed by atoms with van der Waals surface area (Å²) in [6.45, 7) is 0.647. The Balaban J connectivity index is 2.12. The smallest absolute Gasteiger partial charge is 0.173 e. The van der Waals surface area contributed by atoms with Crippen molar-refractivity contribution in [3.05, 3.63) is 58.1 Å². The molecule has 0 saturated carbocycles. The zero-order valence-electron chi connectivity index (χ0n) is 11.5. The minimum Gasteiger partial charge on any atom is -0.496 e. The van der Waals surface area contributed by atoms with Crippen LogP contribution in [0.4, 0.5) is 5.69 Å². The van der Waals surface area contributed by atoms with Gasteiger partial charge in [-0.25, -0.2) is 0 Å². The van der Waals surface area contributed by atoms with Gasteiger partial charge in [-0.05, 0) is 42.0 Å². The molecule has 0 aliphatic heterocycles. The van der Waals surface area contributed by atoms with Crippen LogP contribution in [0, 0.1) is 0 Å². The molecular formula is C15H16BrN3O2. The Morgan fingerprint density at radius 3 is 2.62 bits per heavy atom. The van der Waals surface area contributed by atoms with E-state index in [0.29, 0.717) is 17.9 Å². The lowest BCUT2D eigenvalue weighted by atomic mass is 10.1. The minimum atomic E-state index is 0.0271. The number of oxime groups is 1. The number of halogens is 1. The SMILES string of the molecule is COc1cc(CNc2ccc(Br)cc2)ccc1/C(N)=N/O. The van der Waals surface area contributed by atoms with Gasteiger partial charge in [0.1, 0.15) is 5.75 Å². The van der Waals surface area contributed by atoms with E-state index in [-0.39, 0.29) is 5.84 Å². The van der Waals surface area contributed by atoms with Crippen LogP contribution in [0.1, 0.15) is 11.1 Å². The van der Waals surface area contributed by atoms with Gasteiger partial charge in [-0.3, -0.25) is 0 Å². The maximum absolute atomic E-state index is 8.74. The predicted octanol–water partition coefficient (Wildman–Crippen LogP) is 3.16. The maximum atomic E-state index is 8.74. The van der Waals surface area contributed by atoms with Crippen LogP contribution in [0.5, 0.6) is 5.75 Å². The van der Waals surface area contributed by atoms with Crippen LogP contribution in [0.3, 0.4) is 0 Å². The van der Waals surface area contributed by atoms with E-state index in [1.807, 2.05) is 36.4 Å². The van der Waals surface area contributed by atoms with E-state index in [4.69, 9.17) is 15.7 Å². The van der Waals surface area contributed by atoms with E-state index >= 15 is 0 Å². The molecule has 0 radical (unpaired) electrons. The molecular weight excluding hydrogens is 334 g/mol. The Labute approximate surface area is 131 Å². The van der Waals surface area contributed by atoms with Gasteiger partial charge in [0.25, 0.3) is 0 Å². The lowest BCUT2D eigenvalue weighted by molar-refractivity contribution is 0.318. The number of nitrogens with zero attached hydrogens (tertiary/aromatic N) is 1. The van der Waals surface area contributed by atoms with Crippen LogP contribution in [0.2, 0.25) is 0 Å². The summed E-state index contributed by atoms with van der Waals surface area (Å²) in [5, 5.41) is 15.1. The highest BCUT2D eigenvalue weighted by atomic mass is 79.9. The van der Waals surface area contributed by atoms with Crippen molar-refractivity contribution in [2.75, 3.05) is 12.4 Å². The minimum absolute atomic E-state index is 0.0271. The number of hydrogen-bond donors (Lipinski definition) is 3. The molecule has 110 valence electrons. The third-order valence-electron chi connectivity index (χ3n) is 2.99. The molecule has 2 aromatic carbocycles. The van der Waals surface area contributed by atoms with E-state index in [1.54, 1.807) is 13.2 Å². The van der Waals surface area contributed by atoms with Gasteiger partial charge in [0, 0.05) is 16.7 Å². The Bertz CT molecular complexity index is 642. The second kappa shape index (κ2) is 6.99. The molecule has 0 bridgehead atoms. The highest BCUT2D eigenvalue weighted by Crippen LogP contribution is 2.21. The fraction of sp³-hybridized carbons (Fsp3) is 0.133. The van der Waals surface area contributed by atoms with Crippen molar-refractivity contribution < 1.29 is 9.94 Å². The summed E-state index contributed by atoms with van der Waals surface area (Å²) in [4.78, 5) is 0. The molecule has 0 unspecified atom stereocenters. The van der Waals surface area contributed by atoms with Crippen molar-refractivity contribution in [2.45, 2.75) is 6.54 Å². The lowest BCUT2D eigenvalue weighted by Crippen LogP contribution is -2.14. The first-order valence-electron chi connectivity index (χ1n) is 6.28. The standard InChI is InChI=1S/C15H16BrN3O2/c1-21-14-8-10(2-7-13(14)15(17)19-20)9-18-12-5-3-11(16)4-6-12/h2-8,18,20H,9H2,1H3,(H2,17,19). The molecule has 0 heterocycles. The molecule has 0 atom stereocenters. The average Bonchev–Trinajstić information content (AvgIpc) is 2.53. The van der Waals surface area contributed by atoms with E-state index < -0.39 is 0 Å². The van der Waals surface area contributed by atoms with E-state index in [9.17, 15) is 0 Å². The topological polar surface area (TPSA) is 79.9 Å². The van der Waals surface area contributed by atoms with Gasteiger partial charge in [-0.2, -0.15) is 0 Å². The van der Waals surface area contributed by atoms with Gasteiger partial charge in [0.15, 0.2) is 5.84 Å². The summed E-state index contributed by atoms with van der Waals surface area (Å²) in [6.07, 6.45) is 0. The second-order valence-corrected chi connectivity index (χ2v) is 5.30. The maximum Gasteiger partial charge on any atom is 0.173 e. The van der Waals surface area contributed by atoms with Gasteiger partial charge in [-0.1, -0.05) is 27.2 Å². The number of amidine groups is 1. The van der Waals surface area contributed by atoms with Gasteiger partial charge in [-0.15, -0.1) is 0 Å². The number of ether oxygens (including phenoxy) is 1. The first-order chi connectivity index (χ1) is 10.1. The van der Waals surface area contributed by atoms with Crippen molar-refractivity contribution in [3.8, 4) is 5.75 Å². The Morgan fingerprint density at radius 1 is 1.29 bits per heavy atom. The molecule has 4 N–H and O–H groups in total. The molecule has 0 saturated heterocycles. The zero-order valence-corrected chi connectivity index (χ0v) is 13.1. The first kappa shape index (κ1) is 15.2. The van der Waals surface area contributed by atoms with Crippen LogP contribution >= 0.6 is 15.9 Å². The molecule has 21 heavy (non-hydrogen) atoms. The van der Waals surface area contributed by atoms with Gasteiger partial charge < -0.3 is 21.0 Å². The largest absolute Gasteiger partial charge is 0.496 e. The third kappa shape index (κ3) is 3.88. The molecule has 2 rings (SSSR count). The van der Waals surface area contributed by atoms with Crippen molar-refractivity contribution in [2.24, 2.45) is 10.9 Å². The summed E-state index contributed by atoms with van der Waals surface area (Å²) in [7, 11) is 1.55. The summed E-state index contributed by atoms with van der Waals surface area (Å²) < 4.78 is 6.31. The van der Waals surface area contributed by atoms with Crippen LogP contribution in [-0.4, -0.2) is 18.2 Å². The van der Waals surface area contributed by atoms with E-state index in [2.05, 4.69) is 26.4 Å². The normalized spacial score (nSPS) is 11.2. The number of hydrogen-bond acceptors (Lipinski definition) is 4. The zero-order chi connectivity index (χ0) is 15.2. The molecule has 5 nitrogen and oxygen atoms in total. The molecule has 0 fully saturated rings. The monoisotopic (exact) mass is 349 g/mol. The molecule has 0 aliphatic rings. The Morgan fingerprint density at radius 2 is 2.00 bits per heavy atom. The molecule has 0 amide bonds. The third-order valence-corrected chi connectivity index (χ3v) is 3.52. The number of methoxy groups -OCH3 is 1. The fourth-order valence-corrected chi connectivity index (χ4v) is 2.15. The lowest BCUT2D eigenvalue weighted by Gasteiger charge is -2.11. The van der Waals surface area contributed by atoms with Crippen molar-refractivity contribution in [1.29, 1.82) is 0 Å². The molecule has 6 heteroatoms. The number of nitrogens with one attached hydrogen (secondary N) is 1. The highest BCUT2D eigenvalue weighted by Gasteiger charge is 2.08. The number of benzene rings is 2. The molecule has 0 aliphatic carbocycles. The highest BCUT2D eigenvalue weighted by molar-refractivity contribution is 9.10. The first-order valence-corrected chi connectivity index (χ1v) is 7.07. The van der Waals surface area contributed by atoms with E-state index in [1.165, 1.54) is 0 Å². The quantitative estimate of drug-likeness (QED) is 0.335.